The monoisotopic (exact) mass is 499 g/mol. The molecule has 1 saturated heterocycles. The van der Waals surface area contributed by atoms with E-state index in [1.165, 1.54) is 0 Å². The predicted molar refractivity (Wildman–Crippen MR) is 145 cm³/mol. The van der Waals surface area contributed by atoms with Gasteiger partial charge in [0.05, 0.1) is 46.1 Å². The predicted octanol–water partition coefficient (Wildman–Crippen LogP) is 3.83. The fourth-order valence-electron chi connectivity index (χ4n) is 4.88. The topological polar surface area (TPSA) is 99.4 Å². The van der Waals surface area contributed by atoms with Crippen molar-refractivity contribution in [2.24, 2.45) is 0 Å². The number of rotatable bonds is 7. The largest absolute Gasteiger partial charge is 0.508 e. The smallest absolute Gasteiger partial charge is 0.254 e. The van der Waals surface area contributed by atoms with Crippen LogP contribution in [-0.2, 0) is 13.1 Å². The number of carbonyl (C=O) groups is 1. The van der Waals surface area contributed by atoms with Crippen LogP contribution in [0.5, 0.6) is 5.75 Å². The first-order chi connectivity index (χ1) is 17.7. The quantitative estimate of drug-likeness (QED) is 0.399. The Kier molecular flexibility index (Phi) is 6.55. The van der Waals surface area contributed by atoms with E-state index in [-0.39, 0.29) is 11.7 Å². The highest BCUT2D eigenvalue weighted by Gasteiger charge is 2.24. The summed E-state index contributed by atoms with van der Waals surface area (Å²) in [5.74, 6) is -0.0723. The minimum Gasteiger partial charge on any atom is -0.508 e. The maximum atomic E-state index is 13.7. The van der Waals surface area contributed by atoms with Gasteiger partial charge in [-0.05, 0) is 64.2 Å². The second kappa shape index (κ2) is 9.82. The molecule has 0 aliphatic carbocycles. The molecule has 1 amide bonds. The van der Waals surface area contributed by atoms with Crippen molar-refractivity contribution in [1.82, 2.24) is 29.5 Å². The zero-order valence-corrected chi connectivity index (χ0v) is 22.0. The van der Waals surface area contributed by atoms with E-state index >= 15 is 0 Å². The minimum atomic E-state index is -0.160. The van der Waals surface area contributed by atoms with Gasteiger partial charge in [-0.2, -0.15) is 5.10 Å². The lowest BCUT2D eigenvalue weighted by Crippen LogP contribution is -2.52. The number of aromatic hydroxyl groups is 1. The van der Waals surface area contributed by atoms with E-state index in [4.69, 9.17) is 9.97 Å². The number of amides is 1. The molecule has 5 rings (SSSR count). The Morgan fingerprint density at radius 2 is 1.92 bits per heavy atom. The van der Waals surface area contributed by atoms with Gasteiger partial charge in [0, 0.05) is 49.9 Å². The van der Waals surface area contributed by atoms with Crippen molar-refractivity contribution in [2.75, 3.05) is 32.5 Å². The number of carbonyl (C=O) groups excluding carboxylic acids is 1. The van der Waals surface area contributed by atoms with Crippen molar-refractivity contribution in [3.63, 3.8) is 0 Å². The summed E-state index contributed by atoms with van der Waals surface area (Å²) in [5, 5.41) is 18.7. The molecule has 0 saturated carbocycles. The summed E-state index contributed by atoms with van der Waals surface area (Å²) in [7, 11) is 3.88. The Labute approximate surface area is 216 Å². The molecule has 192 valence electrons. The number of likely N-dealkylation sites (N-methyl/N-ethyl adjacent to an activating group) is 1. The summed E-state index contributed by atoms with van der Waals surface area (Å²) >= 11 is 0. The zero-order chi connectivity index (χ0) is 26.3. The van der Waals surface area contributed by atoms with Gasteiger partial charge < -0.3 is 20.2 Å². The molecule has 0 bridgehead atoms. The van der Waals surface area contributed by atoms with Crippen LogP contribution in [0.1, 0.15) is 34.2 Å². The van der Waals surface area contributed by atoms with Crippen molar-refractivity contribution in [1.29, 1.82) is 0 Å². The number of phenolic OH excluding ortho intramolecular Hbond substituents is 1. The first-order valence-electron chi connectivity index (χ1n) is 12.6. The molecule has 0 spiro atoms. The molecule has 0 unspecified atom stereocenters. The van der Waals surface area contributed by atoms with Crippen molar-refractivity contribution < 1.29 is 9.90 Å². The zero-order valence-electron chi connectivity index (χ0n) is 22.0. The van der Waals surface area contributed by atoms with E-state index in [0.717, 1.165) is 42.3 Å². The molecule has 0 radical (unpaired) electrons. The number of aromatic nitrogens is 4. The molecule has 1 aliphatic rings. The molecule has 2 N–H and O–H groups in total. The minimum absolute atomic E-state index is 0.0878. The van der Waals surface area contributed by atoms with Gasteiger partial charge in [-0.1, -0.05) is 0 Å². The SMILES string of the molecule is CCn1ncc(CN(C)C(=O)c2cc(-c3ccc(NC4CN(C)C4)c(C)n3)nc3ccc(O)cc23)c1C. The maximum Gasteiger partial charge on any atom is 0.254 e. The van der Waals surface area contributed by atoms with Gasteiger partial charge in [-0.25, -0.2) is 9.97 Å². The number of nitrogens with zero attached hydrogens (tertiary/aromatic N) is 6. The average Bonchev–Trinajstić information content (AvgIpc) is 3.21. The maximum absolute atomic E-state index is 13.7. The molecule has 9 heteroatoms. The normalized spacial score (nSPS) is 14.1. The molecule has 4 aromatic rings. The third kappa shape index (κ3) is 4.86. The second-order valence-corrected chi connectivity index (χ2v) is 9.88. The van der Waals surface area contributed by atoms with Crippen LogP contribution in [-0.4, -0.2) is 73.8 Å². The Bertz CT molecular complexity index is 1470. The highest BCUT2D eigenvalue weighted by Crippen LogP contribution is 2.29. The number of hydrogen-bond donors (Lipinski definition) is 2. The molecular formula is C28H33N7O2. The molecule has 4 heterocycles. The first-order valence-corrected chi connectivity index (χ1v) is 12.6. The lowest BCUT2D eigenvalue weighted by molar-refractivity contribution is 0.0787. The number of fused-ring (bicyclic) bond motifs is 1. The van der Waals surface area contributed by atoms with Crippen molar-refractivity contribution in [3.8, 4) is 17.1 Å². The van der Waals surface area contributed by atoms with Crippen LogP contribution in [0, 0.1) is 13.8 Å². The van der Waals surface area contributed by atoms with Gasteiger partial charge in [0.1, 0.15) is 5.75 Å². The first kappa shape index (κ1) is 24.7. The lowest BCUT2D eigenvalue weighted by Gasteiger charge is -2.37. The highest BCUT2D eigenvalue weighted by molar-refractivity contribution is 6.07. The Morgan fingerprint density at radius 3 is 2.59 bits per heavy atom. The van der Waals surface area contributed by atoms with Gasteiger partial charge >= 0.3 is 0 Å². The highest BCUT2D eigenvalue weighted by atomic mass is 16.3. The lowest BCUT2D eigenvalue weighted by atomic mass is 10.0. The number of aryl methyl sites for hydroxylation is 2. The van der Waals surface area contributed by atoms with Gasteiger partial charge in [0.2, 0.25) is 0 Å². The molecular weight excluding hydrogens is 466 g/mol. The molecule has 1 fully saturated rings. The van der Waals surface area contributed by atoms with Crippen LogP contribution in [0.2, 0.25) is 0 Å². The van der Waals surface area contributed by atoms with E-state index < -0.39 is 0 Å². The Hall–Kier alpha value is -3.98. The number of anilines is 1. The molecule has 37 heavy (non-hydrogen) atoms. The van der Waals surface area contributed by atoms with Crippen molar-refractivity contribution >= 4 is 22.5 Å². The molecule has 1 aromatic carbocycles. The number of hydrogen-bond acceptors (Lipinski definition) is 7. The third-order valence-electron chi connectivity index (χ3n) is 7.05. The van der Waals surface area contributed by atoms with Crippen LogP contribution in [0.25, 0.3) is 22.3 Å². The van der Waals surface area contributed by atoms with Crippen molar-refractivity contribution in [2.45, 2.75) is 39.9 Å². The molecule has 0 atom stereocenters. The number of benzene rings is 1. The number of nitrogens with one attached hydrogen (secondary N) is 1. The van der Waals surface area contributed by atoms with Crippen LogP contribution < -0.4 is 5.32 Å². The van der Waals surface area contributed by atoms with Crippen LogP contribution in [0.3, 0.4) is 0 Å². The van der Waals surface area contributed by atoms with Crippen molar-refractivity contribution in [3.05, 3.63) is 65.1 Å². The van der Waals surface area contributed by atoms with Crippen LogP contribution in [0.4, 0.5) is 5.69 Å². The van der Waals surface area contributed by atoms with Crippen LogP contribution in [0.15, 0.2) is 42.6 Å². The fraction of sp³-hybridized carbons (Fsp3) is 0.357. The van der Waals surface area contributed by atoms with Gasteiger partial charge in [0.15, 0.2) is 0 Å². The fourth-order valence-corrected chi connectivity index (χ4v) is 4.88. The standard InChI is InChI=1S/C28H33N7O2/c1-6-35-18(3)19(13-29-35)14-34(5)28(37)23-12-27(32-25-8-7-21(36)11-22(23)25)26-10-9-24(17(2)30-26)31-20-15-33(4)16-20/h7-13,20,31,36H,6,14-16H2,1-5H3. The van der Waals surface area contributed by atoms with E-state index in [2.05, 4.69) is 22.4 Å². The summed E-state index contributed by atoms with van der Waals surface area (Å²) in [6.07, 6.45) is 1.81. The number of phenols is 1. The number of pyridine rings is 2. The van der Waals surface area contributed by atoms with E-state index in [0.29, 0.717) is 40.4 Å². The van der Waals surface area contributed by atoms with Crippen LogP contribution >= 0.6 is 0 Å². The van der Waals surface area contributed by atoms with E-state index in [1.807, 2.05) is 43.8 Å². The van der Waals surface area contributed by atoms with E-state index in [9.17, 15) is 9.90 Å². The van der Waals surface area contributed by atoms with Gasteiger partial charge in [-0.3, -0.25) is 9.48 Å². The van der Waals surface area contributed by atoms with Gasteiger partial charge in [0.25, 0.3) is 5.91 Å². The van der Waals surface area contributed by atoms with Gasteiger partial charge in [-0.15, -0.1) is 0 Å². The summed E-state index contributed by atoms with van der Waals surface area (Å²) in [5.41, 5.74) is 6.33. The molecule has 3 aromatic heterocycles. The summed E-state index contributed by atoms with van der Waals surface area (Å²) in [6.45, 7) is 9.26. The molecule has 1 aliphatic heterocycles. The average molecular weight is 500 g/mol. The second-order valence-electron chi connectivity index (χ2n) is 9.88. The third-order valence-corrected chi connectivity index (χ3v) is 7.05. The summed E-state index contributed by atoms with van der Waals surface area (Å²) < 4.78 is 1.92. The van der Waals surface area contributed by atoms with E-state index in [1.54, 1.807) is 36.2 Å². The number of likely N-dealkylation sites (tertiary alicyclic amines) is 1. The molecule has 9 nitrogen and oxygen atoms in total. The summed E-state index contributed by atoms with van der Waals surface area (Å²) in [4.78, 5) is 27.2. The Morgan fingerprint density at radius 1 is 1.14 bits per heavy atom. The Balaban J connectivity index is 1.48. The summed E-state index contributed by atoms with van der Waals surface area (Å²) in [6, 6.07) is 11.1.